The Labute approximate surface area is 115 Å². The number of thioether (sulfide) groups is 1. The largest absolute Gasteiger partial charge is 0.312 e. The van der Waals surface area contributed by atoms with Crippen LogP contribution in [0.3, 0.4) is 0 Å². The van der Waals surface area contributed by atoms with Crippen LogP contribution in [0.4, 0.5) is 0 Å². The molecule has 1 N–H and O–H groups in total. The van der Waals surface area contributed by atoms with E-state index in [0.29, 0.717) is 5.92 Å². The van der Waals surface area contributed by atoms with Gasteiger partial charge in [-0.3, -0.25) is 0 Å². The highest BCUT2D eigenvalue weighted by Gasteiger charge is 2.11. The van der Waals surface area contributed by atoms with Gasteiger partial charge in [-0.05, 0) is 12.5 Å². The lowest BCUT2D eigenvalue weighted by Crippen LogP contribution is -2.19. The Morgan fingerprint density at radius 3 is 2.33 bits per heavy atom. The van der Waals surface area contributed by atoms with E-state index in [-0.39, 0.29) is 4.75 Å². The molecule has 0 bridgehead atoms. The molecule has 0 spiro atoms. The zero-order valence-electron chi connectivity index (χ0n) is 12.2. The van der Waals surface area contributed by atoms with E-state index in [0.717, 1.165) is 30.2 Å². The van der Waals surface area contributed by atoms with E-state index in [1.165, 1.54) is 0 Å². The first-order valence-corrected chi connectivity index (χ1v) is 7.50. The van der Waals surface area contributed by atoms with Crippen LogP contribution in [0.1, 0.15) is 46.0 Å². The van der Waals surface area contributed by atoms with Crippen molar-refractivity contribution in [2.75, 3.05) is 6.54 Å². The highest BCUT2D eigenvalue weighted by molar-refractivity contribution is 7.99. The summed E-state index contributed by atoms with van der Waals surface area (Å²) < 4.78 is 0.265. The lowest BCUT2D eigenvalue weighted by molar-refractivity contribution is 0.551. The Morgan fingerprint density at radius 2 is 1.83 bits per heavy atom. The number of hydrogen-bond acceptors (Lipinski definition) is 4. The van der Waals surface area contributed by atoms with Crippen molar-refractivity contribution in [3.05, 3.63) is 23.8 Å². The average molecular weight is 267 g/mol. The van der Waals surface area contributed by atoms with E-state index in [4.69, 9.17) is 0 Å². The Kier molecular flexibility index (Phi) is 6.09. The third kappa shape index (κ3) is 6.97. The van der Waals surface area contributed by atoms with Crippen LogP contribution in [-0.2, 0) is 12.3 Å². The minimum atomic E-state index is 0.265. The Morgan fingerprint density at radius 1 is 1.22 bits per heavy atom. The molecule has 0 fully saturated rings. The van der Waals surface area contributed by atoms with Gasteiger partial charge in [-0.2, -0.15) is 0 Å². The van der Waals surface area contributed by atoms with Gasteiger partial charge in [0.25, 0.3) is 0 Å². The van der Waals surface area contributed by atoms with Gasteiger partial charge in [0.2, 0.25) is 0 Å². The fraction of sp³-hybridized carbons (Fsp3) is 0.714. The van der Waals surface area contributed by atoms with E-state index in [1.54, 1.807) is 0 Å². The van der Waals surface area contributed by atoms with E-state index < -0.39 is 0 Å². The van der Waals surface area contributed by atoms with Gasteiger partial charge >= 0.3 is 0 Å². The van der Waals surface area contributed by atoms with E-state index in [9.17, 15) is 0 Å². The average Bonchev–Trinajstić information content (AvgIpc) is 2.26. The van der Waals surface area contributed by atoms with Crippen molar-refractivity contribution in [3.63, 3.8) is 0 Å². The Balaban J connectivity index is 2.38. The normalized spacial score (nSPS) is 12.1. The summed E-state index contributed by atoms with van der Waals surface area (Å²) >= 11 is 1.87. The molecule has 3 nitrogen and oxygen atoms in total. The topological polar surface area (TPSA) is 37.8 Å². The molecule has 0 atom stereocenters. The molecule has 18 heavy (non-hydrogen) atoms. The fourth-order valence-corrected chi connectivity index (χ4v) is 2.04. The summed E-state index contributed by atoms with van der Waals surface area (Å²) in [5.74, 6) is 2.47. The summed E-state index contributed by atoms with van der Waals surface area (Å²) in [4.78, 5) is 8.82. The second-order valence-corrected chi connectivity index (χ2v) is 7.74. The molecule has 0 aromatic carbocycles. The summed E-state index contributed by atoms with van der Waals surface area (Å²) in [7, 11) is 0. The van der Waals surface area contributed by atoms with Crippen LogP contribution < -0.4 is 5.32 Å². The first kappa shape index (κ1) is 15.4. The summed E-state index contributed by atoms with van der Waals surface area (Å²) in [6.07, 6.45) is 3.86. The van der Waals surface area contributed by atoms with Gasteiger partial charge in [-0.25, -0.2) is 9.97 Å². The SMILES string of the molecule is CC(C)CNCc1cnc(CSC(C)(C)C)nc1. The summed E-state index contributed by atoms with van der Waals surface area (Å²) in [6.45, 7) is 12.9. The predicted octanol–water partition coefficient (Wildman–Crippen LogP) is 3.25. The summed E-state index contributed by atoms with van der Waals surface area (Å²) in [5.41, 5.74) is 1.15. The van der Waals surface area contributed by atoms with E-state index in [1.807, 2.05) is 24.2 Å². The van der Waals surface area contributed by atoms with Crippen molar-refractivity contribution in [3.8, 4) is 0 Å². The minimum absolute atomic E-state index is 0.265. The smallest absolute Gasteiger partial charge is 0.138 e. The molecule has 0 aliphatic carbocycles. The molecule has 0 saturated heterocycles. The molecule has 1 aromatic heterocycles. The van der Waals surface area contributed by atoms with Crippen LogP contribution in [0.5, 0.6) is 0 Å². The molecule has 0 radical (unpaired) electrons. The van der Waals surface area contributed by atoms with Crippen molar-refractivity contribution >= 4 is 11.8 Å². The van der Waals surface area contributed by atoms with Gasteiger partial charge in [0.05, 0.1) is 5.75 Å². The molecular weight excluding hydrogens is 242 g/mol. The third-order valence-corrected chi connectivity index (χ3v) is 3.54. The molecule has 0 aliphatic heterocycles. The lowest BCUT2D eigenvalue weighted by atomic mass is 10.2. The van der Waals surface area contributed by atoms with Gasteiger partial charge in [0.1, 0.15) is 5.82 Å². The van der Waals surface area contributed by atoms with Crippen molar-refractivity contribution in [1.82, 2.24) is 15.3 Å². The van der Waals surface area contributed by atoms with Crippen LogP contribution in [0.25, 0.3) is 0 Å². The number of nitrogens with zero attached hydrogens (tertiary/aromatic N) is 2. The fourth-order valence-electron chi connectivity index (χ4n) is 1.33. The number of nitrogens with one attached hydrogen (secondary N) is 1. The van der Waals surface area contributed by atoms with Gasteiger partial charge in [-0.15, -0.1) is 11.8 Å². The summed E-state index contributed by atoms with van der Waals surface area (Å²) in [5, 5.41) is 3.39. The first-order valence-electron chi connectivity index (χ1n) is 6.51. The standard InChI is InChI=1S/C14H25N3S/c1-11(2)6-15-7-12-8-16-13(17-9-12)10-18-14(3,4)5/h8-9,11,15H,6-7,10H2,1-5H3. The van der Waals surface area contributed by atoms with Crippen molar-refractivity contribution in [2.24, 2.45) is 5.92 Å². The summed E-state index contributed by atoms with van der Waals surface area (Å²) in [6, 6.07) is 0. The van der Waals surface area contributed by atoms with Crippen LogP contribution in [0.15, 0.2) is 12.4 Å². The number of aromatic nitrogens is 2. The molecule has 1 heterocycles. The second-order valence-electron chi connectivity index (χ2n) is 5.93. The van der Waals surface area contributed by atoms with Crippen LogP contribution in [0.2, 0.25) is 0 Å². The maximum Gasteiger partial charge on any atom is 0.138 e. The molecular formula is C14H25N3S. The maximum absolute atomic E-state index is 4.41. The van der Waals surface area contributed by atoms with Gasteiger partial charge in [0.15, 0.2) is 0 Å². The van der Waals surface area contributed by atoms with Crippen LogP contribution in [0, 0.1) is 5.92 Å². The highest BCUT2D eigenvalue weighted by Crippen LogP contribution is 2.25. The third-order valence-electron chi connectivity index (χ3n) is 2.27. The Hall–Kier alpha value is -0.610. The van der Waals surface area contributed by atoms with Crippen molar-refractivity contribution in [2.45, 2.75) is 51.7 Å². The molecule has 102 valence electrons. The molecule has 1 rings (SSSR count). The number of rotatable bonds is 6. The zero-order valence-corrected chi connectivity index (χ0v) is 13.0. The second kappa shape index (κ2) is 7.10. The zero-order chi connectivity index (χ0) is 13.6. The molecule has 0 unspecified atom stereocenters. The van der Waals surface area contributed by atoms with E-state index >= 15 is 0 Å². The molecule has 4 heteroatoms. The van der Waals surface area contributed by atoms with Gasteiger partial charge in [-0.1, -0.05) is 34.6 Å². The monoisotopic (exact) mass is 267 g/mol. The van der Waals surface area contributed by atoms with Gasteiger partial charge in [0, 0.05) is 29.2 Å². The quantitative estimate of drug-likeness (QED) is 0.858. The van der Waals surface area contributed by atoms with Gasteiger partial charge < -0.3 is 5.32 Å². The lowest BCUT2D eigenvalue weighted by Gasteiger charge is -2.16. The van der Waals surface area contributed by atoms with E-state index in [2.05, 4.69) is 49.9 Å². The molecule has 0 aliphatic rings. The number of hydrogen-bond donors (Lipinski definition) is 1. The first-order chi connectivity index (χ1) is 8.37. The van der Waals surface area contributed by atoms with Crippen molar-refractivity contribution in [1.29, 1.82) is 0 Å². The van der Waals surface area contributed by atoms with Crippen LogP contribution >= 0.6 is 11.8 Å². The maximum atomic E-state index is 4.41. The van der Waals surface area contributed by atoms with Crippen molar-refractivity contribution < 1.29 is 0 Å². The Bertz CT molecular complexity index is 341. The highest BCUT2D eigenvalue weighted by atomic mass is 32.2. The molecule has 1 aromatic rings. The van der Waals surface area contributed by atoms with Crippen LogP contribution in [-0.4, -0.2) is 21.3 Å². The predicted molar refractivity (Wildman–Crippen MR) is 79.6 cm³/mol. The molecule has 0 saturated carbocycles. The molecule has 0 amide bonds. The minimum Gasteiger partial charge on any atom is -0.312 e.